The maximum Gasteiger partial charge on any atom is 0.251 e. The minimum Gasteiger partial charge on any atom is -0.345 e. The Morgan fingerprint density at radius 1 is 0.929 bits per heavy atom. The molecule has 0 aromatic heterocycles. The molecule has 0 saturated carbocycles. The fourth-order valence-corrected chi connectivity index (χ4v) is 3.82. The Balaban J connectivity index is 2.11. The maximum absolute atomic E-state index is 12.5. The highest BCUT2D eigenvalue weighted by atomic mass is 32.2. The second kappa shape index (κ2) is 8.74. The van der Waals surface area contributed by atoms with E-state index in [0.29, 0.717) is 17.7 Å². The van der Waals surface area contributed by atoms with E-state index in [-0.39, 0.29) is 22.6 Å². The monoisotopic (exact) mass is 424 g/mol. The average Bonchev–Trinajstić information content (AvgIpc) is 2.65. The Labute approximate surface area is 166 Å². The number of hydrogen-bond acceptors (Lipinski definition) is 5. The van der Waals surface area contributed by atoms with Crippen molar-refractivity contribution in [2.75, 3.05) is 16.7 Å². The number of benzene rings is 2. The summed E-state index contributed by atoms with van der Waals surface area (Å²) in [4.78, 5) is 12.7. The first-order valence-electron chi connectivity index (χ1n) is 8.77. The predicted molar refractivity (Wildman–Crippen MR) is 110 cm³/mol. The first-order valence-corrected chi connectivity index (χ1v) is 12.3. The number of amides is 1. The van der Waals surface area contributed by atoms with Gasteiger partial charge in [-0.3, -0.25) is 9.52 Å². The van der Waals surface area contributed by atoms with Crippen molar-refractivity contribution in [3.63, 3.8) is 0 Å². The van der Waals surface area contributed by atoms with Crippen molar-refractivity contribution >= 4 is 31.5 Å². The lowest BCUT2D eigenvalue weighted by Crippen LogP contribution is -2.28. The number of rotatable bonds is 8. The molecule has 0 aliphatic heterocycles. The smallest absolute Gasteiger partial charge is 0.251 e. The summed E-state index contributed by atoms with van der Waals surface area (Å²) in [5.74, 6) is -0.338. The fraction of sp³-hybridized carbons (Fsp3) is 0.316. The van der Waals surface area contributed by atoms with Crippen molar-refractivity contribution in [3.05, 3.63) is 59.7 Å². The van der Waals surface area contributed by atoms with Crippen molar-refractivity contribution in [2.45, 2.75) is 31.2 Å². The van der Waals surface area contributed by atoms with Crippen LogP contribution in [0.15, 0.2) is 53.4 Å². The summed E-state index contributed by atoms with van der Waals surface area (Å²) in [5.41, 5.74) is 1.59. The molecule has 0 saturated heterocycles. The molecule has 0 aliphatic carbocycles. The second-order valence-electron chi connectivity index (χ2n) is 6.36. The number of nitrogens with one attached hydrogen (secondary N) is 2. The van der Waals surface area contributed by atoms with Crippen LogP contribution in [0.5, 0.6) is 0 Å². The molecule has 2 N–H and O–H groups in total. The normalized spacial score (nSPS) is 13.0. The molecular formula is C19H24N2O5S2. The standard InChI is InChI=1S/C19H24N2O5S2/c1-4-18(14-8-12-17(13-9-14)27(3,23)24)20-19(22)15-6-10-16(11-7-15)21-28(25,26)5-2/h6-13,18,21H,4-5H2,1-3H3,(H,20,22). The molecule has 0 aliphatic rings. The minimum atomic E-state index is -3.37. The summed E-state index contributed by atoms with van der Waals surface area (Å²) in [5, 5.41) is 2.91. The molecule has 0 spiro atoms. The van der Waals surface area contributed by atoms with Crippen molar-refractivity contribution in [2.24, 2.45) is 0 Å². The van der Waals surface area contributed by atoms with Crippen LogP contribution in [0.3, 0.4) is 0 Å². The lowest BCUT2D eigenvalue weighted by atomic mass is 10.0. The Kier molecular flexibility index (Phi) is 6.84. The molecular weight excluding hydrogens is 400 g/mol. The summed E-state index contributed by atoms with van der Waals surface area (Å²) in [6.07, 6.45) is 1.77. The molecule has 2 aromatic carbocycles. The number of hydrogen-bond donors (Lipinski definition) is 2. The van der Waals surface area contributed by atoms with Gasteiger partial charge in [0.05, 0.1) is 16.7 Å². The van der Waals surface area contributed by atoms with Gasteiger partial charge in [-0.1, -0.05) is 19.1 Å². The summed E-state index contributed by atoms with van der Waals surface area (Å²) in [6.45, 7) is 3.45. The lowest BCUT2D eigenvalue weighted by molar-refractivity contribution is 0.0935. The number of sulfonamides is 1. The Morgan fingerprint density at radius 2 is 1.50 bits per heavy atom. The second-order valence-corrected chi connectivity index (χ2v) is 10.4. The Morgan fingerprint density at radius 3 is 1.96 bits per heavy atom. The highest BCUT2D eigenvalue weighted by Gasteiger charge is 2.16. The quantitative estimate of drug-likeness (QED) is 0.677. The molecule has 152 valence electrons. The molecule has 0 heterocycles. The molecule has 1 unspecified atom stereocenters. The SMILES string of the molecule is CCC(NC(=O)c1ccc(NS(=O)(=O)CC)cc1)c1ccc(S(C)(=O)=O)cc1. The lowest BCUT2D eigenvalue weighted by Gasteiger charge is -2.18. The highest BCUT2D eigenvalue weighted by molar-refractivity contribution is 7.92. The van der Waals surface area contributed by atoms with Gasteiger partial charge in [-0.15, -0.1) is 0 Å². The van der Waals surface area contributed by atoms with E-state index >= 15 is 0 Å². The molecule has 0 radical (unpaired) electrons. The van der Waals surface area contributed by atoms with Crippen LogP contribution in [0.4, 0.5) is 5.69 Å². The molecule has 9 heteroatoms. The van der Waals surface area contributed by atoms with Gasteiger partial charge in [-0.05, 0) is 55.3 Å². The zero-order chi connectivity index (χ0) is 20.9. The van der Waals surface area contributed by atoms with Crippen molar-refractivity contribution in [3.8, 4) is 0 Å². The first kappa shape index (κ1) is 21.9. The van der Waals surface area contributed by atoms with Crippen LogP contribution in [0.25, 0.3) is 0 Å². The molecule has 1 amide bonds. The van der Waals surface area contributed by atoms with Crippen LogP contribution in [0.2, 0.25) is 0 Å². The number of carbonyl (C=O) groups excluding carboxylic acids is 1. The van der Waals surface area contributed by atoms with E-state index < -0.39 is 19.9 Å². The third-order valence-electron chi connectivity index (χ3n) is 4.22. The molecule has 1 atom stereocenters. The van der Waals surface area contributed by atoms with E-state index in [1.807, 2.05) is 6.92 Å². The largest absolute Gasteiger partial charge is 0.345 e. The third kappa shape index (κ3) is 5.80. The zero-order valence-electron chi connectivity index (χ0n) is 16.0. The zero-order valence-corrected chi connectivity index (χ0v) is 17.6. The number of anilines is 1. The van der Waals surface area contributed by atoms with Gasteiger partial charge < -0.3 is 5.32 Å². The Hall–Kier alpha value is -2.39. The highest BCUT2D eigenvalue weighted by Crippen LogP contribution is 2.20. The molecule has 2 aromatic rings. The Bertz CT molecular complexity index is 1030. The van der Waals surface area contributed by atoms with Gasteiger partial charge in [0.2, 0.25) is 10.0 Å². The van der Waals surface area contributed by atoms with Crippen LogP contribution in [0, 0.1) is 0 Å². The van der Waals surface area contributed by atoms with E-state index in [4.69, 9.17) is 0 Å². The maximum atomic E-state index is 12.5. The molecule has 28 heavy (non-hydrogen) atoms. The van der Waals surface area contributed by atoms with Gasteiger partial charge in [0.1, 0.15) is 0 Å². The van der Waals surface area contributed by atoms with Crippen LogP contribution in [-0.2, 0) is 19.9 Å². The number of sulfone groups is 1. The van der Waals surface area contributed by atoms with Gasteiger partial charge in [0, 0.05) is 17.5 Å². The van der Waals surface area contributed by atoms with Crippen LogP contribution in [-0.4, -0.2) is 34.8 Å². The molecule has 7 nitrogen and oxygen atoms in total. The first-order chi connectivity index (χ1) is 13.1. The van der Waals surface area contributed by atoms with Crippen LogP contribution >= 0.6 is 0 Å². The van der Waals surface area contributed by atoms with Crippen molar-refractivity contribution in [1.82, 2.24) is 5.32 Å². The third-order valence-corrected chi connectivity index (χ3v) is 6.66. The summed E-state index contributed by atoms with van der Waals surface area (Å²) >= 11 is 0. The fourth-order valence-electron chi connectivity index (χ4n) is 2.55. The molecule has 2 rings (SSSR count). The van der Waals surface area contributed by atoms with Crippen molar-refractivity contribution in [1.29, 1.82) is 0 Å². The predicted octanol–water partition coefficient (Wildman–Crippen LogP) is 2.73. The summed E-state index contributed by atoms with van der Waals surface area (Å²) in [7, 11) is -6.65. The van der Waals surface area contributed by atoms with Gasteiger partial charge >= 0.3 is 0 Å². The van der Waals surface area contributed by atoms with Crippen molar-refractivity contribution < 1.29 is 21.6 Å². The average molecular weight is 425 g/mol. The minimum absolute atomic E-state index is 0.0362. The number of carbonyl (C=O) groups is 1. The van der Waals surface area contributed by atoms with Gasteiger partial charge in [-0.25, -0.2) is 16.8 Å². The van der Waals surface area contributed by atoms with Gasteiger partial charge in [0.15, 0.2) is 9.84 Å². The van der Waals surface area contributed by atoms with Crippen LogP contribution in [0.1, 0.15) is 42.2 Å². The van der Waals surface area contributed by atoms with E-state index in [1.54, 1.807) is 24.3 Å². The van der Waals surface area contributed by atoms with E-state index in [9.17, 15) is 21.6 Å². The summed E-state index contributed by atoms with van der Waals surface area (Å²) < 4.78 is 48.7. The molecule has 0 bridgehead atoms. The van der Waals surface area contributed by atoms with E-state index in [2.05, 4.69) is 10.0 Å². The topological polar surface area (TPSA) is 109 Å². The van der Waals surface area contributed by atoms with E-state index in [0.717, 1.165) is 11.8 Å². The van der Waals surface area contributed by atoms with Crippen LogP contribution < -0.4 is 10.0 Å². The van der Waals surface area contributed by atoms with E-state index in [1.165, 1.54) is 31.2 Å². The summed E-state index contributed by atoms with van der Waals surface area (Å²) in [6, 6.07) is 12.3. The molecule has 0 fully saturated rings. The van der Waals surface area contributed by atoms with Gasteiger partial charge in [-0.2, -0.15) is 0 Å². The van der Waals surface area contributed by atoms with Gasteiger partial charge in [0.25, 0.3) is 5.91 Å².